The van der Waals surface area contributed by atoms with Crippen LogP contribution in [0.3, 0.4) is 0 Å². The van der Waals surface area contributed by atoms with Crippen LogP contribution < -0.4 is 5.32 Å². The van der Waals surface area contributed by atoms with Crippen LogP contribution in [-0.2, 0) is 25.6 Å². The molecule has 11 heteroatoms. The van der Waals surface area contributed by atoms with Crippen molar-refractivity contribution in [1.29, 1.82) is 0 Å². The van der Waals surface area contributed by atoms with E-state index in [1.54, 1.807) is 12.1 Å². The van der Waals surface area contributed by atoms with Crippen molar-refractivity contribution >= 4 is 41.3 Å². The van der Waals surface area contributed by atoms with Gasteiger partial charge in [-0.25, -0.2) is 14.4 Å². The van der Waals surface area contributed by atoms with Crippen molar-refractivity contribution in [2.45, 2.75) is 13.5 Å². The van der Waals surface area contributed by atoms with Crippen LogP contribution in [0.4, 0.5) is 11.4 Å². The van der Waals surface area contributed by atoms with Gasteiger partial charge in [0, 0.05) is 5.69 Å². The Morgan fingerprint density at radius 1 is 0.902 bits per heavy atom. The maximum Gasteiger partial charge on any atom is 0.340 e. The van der Waals surface area contributed by atoms with Gasteiger partial charge in [-0.2, -0.15) is 0 Å². The van der Waals surface area contributed by atoms with Gasteiger partial charge in [-0.1, -0.05) is 43.0 Å². The van der Waals surface area contributed by atoms with Gasteiger partial charge in [0.25, 0.3) is 5.91 Å². The standard InChI is InChI=1S/C30H27N3O8/c1-5-19-9-11-20(12-10-19)17-41-29(37)21-7-6-8-23(15-21)31-27(35)26(18(2)34)33-32-25-16-22(28(36)39-3)13-14-24(25)30(38)40-4/h5-16,34H,1,17H2,2-4H3,(H,31,35)/b26-18+,33-32?. The molecule has 3 aromatic rings. The average molecular weight is 558 g/mol. The zero-order valence-corrected chi connectivity index (χ0v) is 22.5. The van der Waals surface area contributed by atoms with E-state index in [9.17, 15) is 24.3 Å². The number of rotatable bonds is 10. The van der Waals surface area contributed by atoms with Gasteiger partial charge in [0.2, 0.25) is 0 Å². The molecule has 0 saturated carbocycles. The number of nitrogens with zero attached hydrogens (tertiary/aromatic N) is 2. The minimum absolute atomic E-state index is 0.0397. The van der Waals surface area contributed by atoms with Gasteiger partial charge in [0.05, 0.1) is 30.9 Å². The van der Waals surface area contributed by atoms with Crippen LogP contribution in [0.25, 0.3) is 6.08 Å². The summed E-state index contributed by atoms with van der Waals surface area (Å²) in [7, 11) is 2.35. The first-order valence-corrected chi connectivity index (χ1v) is 12.1. The van der Waals surface area contributed by atoms with Gasteiger partial charge < -0.3 is 24.6 Å². The van der Waals surface area contributed by atoms with Crippen LogP contribution in [-0.4, -0.2) is 43.1 Å². The number of azo groups is 1. The van der Waals surface area contributed by atoms with Crippen LogP contribution in [0.5, 0.6) is 0 Å². The number of aliphatic hydroxyl groups is 1. The summed E-state index contributed by atoms with van der Waals surface area (Å²) in [6.07, 6.45) is 1.71. The summed E-state index contributed by atoms with van der Waals surface area (Å²) in [6.45, 7) is 4.96. The number of anilines is 1. The summed E-state index contributed by atoms with van der Waals surface area (Å²) in [6, 6.07) is 17.2. The second-order valence-electron chi connectivity index (χ2n) is 8.41. The number of carbonyl (C=O) groups is 4. The first-order chi connectivity index (χ1) is 19.7. The lowest BCUT2D eigenvalue weighted by Crippen LogP contribution is -2.15. The number of hydrogen-bond acceptors (Lipinski definition) is 10. The second kappa shape index (κ2) is 14.0. The summed E-state index contributed by atoms with van der Waals surface area (Å²) < 4.78 is 14.8. The number of aliphatic hydroxyl groups excluding tert-OH is 1. The van der Waals surface area contributed by atoms with Crippen molar-refractivity contribution in [1.82, 2.24) is 0 Å². The van der Waals surface area contributed by atoms with Crippen molar-refractivity contribution in [2.75, 3.05) is 19.5 Å². The van der Waals surface area contributed by atoms with E-state index in [1.807, 2.05) is 24.3 Å². The predicted octanol–water partition coefficient (Wildman–Crippen LogP) is 5.77. The van der Waals surface area contributed by atoms with Gasteiger partial charge in [-0.3, -0.25) is 4.79 Å². The Hall–Kier alpha value is -5.58. The summed E-state index contributed by atoms with van der Waals surface area (Å²) in [5.74, 6) is -3.39. The summed E-state index contributed by atoms with van der Waals surface area (Å²) in [5, 5.41) is 20.4. The molecule has 0 aliphatic carbocycles. The van der Waals surface area contributed by atoms with E-state index >= 15 is 0 Å². The molecule has 0 aliphatic rings. The third kappa shape index (κ3) is 7.96. The molecule has 0 aromatic heterocycles. The third-order valence-electron chi connectivity index (χ3n) is 5.58. The van der Waals surface area contributed by atoms with E-state index in [2.05, 4.69) is 26.9 Å². The first-order valence-electron chi connectivity index (χ1n) is 12.1. The molecule has 0 atom stereocenters. The quantitative estimate of drug-likeness (QED) is 0.105. The molecular formula is C30H27N3O8. The third-order valence-corrected chi connectivity index (χ3v) is 5.58. The summed E-state index contributed by atoms with van der Waals surface area (Å²) in [5.41, 5.74) is 1.57. The molecule has 41 heavy (non-hydrogen) atoms. The Kier molecular flexibility index (Phi) is 10.2. The van der Waals surface area contributed by atoms with E-state index < -0.39 is 35.3 Å². The molecule has 3 aromatic carbocycles. The van der Waals surface area contributed by atoms with Crippen molar-refractivity contribution in [3.63, 3.8) is 0 Å². The molecule has 0 heterocycles. The highest BCUT2D eigenvalue weighted by molar-refractivity contribution is 6.04. The Balaban J connectivity index is 1.77. The Labute approximate surface area is 235 Å². The average Bonchev–Trinajstić information content (AvgIpc) is 2.99. The van der Waals surface area contributed by atoms with Gasteiger partial charge in [0.15, 0.2) is 5.70 Å². The summed E-state index contributed by atoms with van der Waals surface area (Å²) in [4.78, 5) is 49.6. The number of nitrogens with one attached hydrogen (secondary N) is 1. The van der Waals surface area contributed by atoms with E-state index in [4.69, 9.17) is 9.47 Å². The molecule has 1 amide bonds. The van der Waals surface area contributed by atoms with E-state index in [0.717, 1.165) is 11.1 Å². The lowest BCUT2D eigenvalue weighted by molar-refractivity contribution is -0.113. The van der Waals surface area contributed by atoms with E-state index in [1.165, 1.54) is 57.5 Å². The largest absolute Gasteiger partial charge is 0.510 e. The number of ether oxygens (including phenoxy) is 3. The minimum Gasteiger partial charge on any atom is -0.510 e. The van der Waals surface area contributed by atoms with Crippen LogP contribution in [0.15, 0.2) is 95.0 Å². The van der Waals surface area contributed by atoms with Crippen LogP contribution >= 0.6 is 0 Å². The van der Waals surface area contributed by atoms with Crippen molar-refractivity contribution in [3.05, 3.63) is 113 Å². The second-order valence-corrected chi connectivity index (χ2v) is 8.41. The molecule has 3 rings (SSSR count). The number of amides is 1. The molecule has 2 N–H and O–H groups in total. The maximum absolute atomic E-state index is 12.9. The van der Waals surface area contributed by atoms with Gasteiger partial charge in [0.1, 0.15) is 18.1 Å². The highest BCUT2D eigenvalue weighted by Gasteiger charge is 2.18. The number of methoxy groups -OCH3 is 2. The maximum atomic E-state index is 12.9. The number of hydrogen-bond donors (Lipinski definition) is 2. The zero-order valence-electron chi connectivity index (χ0n) is 22.5. The molecule has 11 nitrogen and oxygen atoms in total. The van der Waals surface area contributed by atoms with E-state index in [-0.39, 0.29) is 34.7 Å². The molecule has 0 saturated heterocycles. The van der Waals surface area contributed by atoms with Crippen LogP contribution in [0.2, 0.25) is 0 Å². The highest BCUT2D eigenvalue weighted by Crippen LogP contribution is 2.25. The number of esters is 3. The fraction of sp³-hybridized carbons (Fsp3) is 0.133. The predicted molar refractivity (Wildman–Crippen MR) is 150 cm³/mol. The van der Waals surface area contributed by atoms with Gasteiger partial charge in [-0.15, -0.1) is 10.2 Å². The Morgan fingerprint density at radius 2 is 1.59 bits per heavy atom. The molecule has 0 bridgehead atoms. The Morgan fingerprint density at radius 3 is 2.22 bits per heavy atom. The SMILES string of the molecule is C=Cc1ccc(COC(=O)c2cccc(NC(=O)/C(N=Nc3cc(C(=O)OC)ccc3C(=O)OC)=C(/C)O)c2)cc1. The molecule has 0 radical (unpaired) electrons. The van der Waals surface area contributed by atoms with Crippen molar-refractivity contribution in [2.24, 2.45) is 10.2 Å². The molecule has 0 fully saturated rings. The lowest BCUT2D eigenvalue weighted by Gasteiger charge is -2.09. The number of carbonyl (C=O) groups excluding carboxylic acids is 4. The smallest absolute Gasteiger partial charge is 0.340 e. The lowest BCUT2D eigenvalue weighted by atomic mass is 10.1. The number of allylic oxidation sites excluding steroid dienone is 1. The first kappa shape index (κ1) is 30.0. The van der Waals surface area contributed by atoms with Crippen molar-refractivity contribution < 1.29 is 38.5 Å². The number of benzene rings is 3. The minimum atomic E-state index is -0.856. The van der Waals surface area contributed by atoms with Crippen LogP contribution in [0.1, 0.15) is 49.1 Å². The normalized spacial score (nSPS) is 11.3. The monoisotopic (exact) mass is 557 g/mol. The zero-order chi connectivity index (χ0) is 29.9. The fourth-order valence-corrected chi connectivity index (χ4v) is 3.42. The molecule has 0 aliphatic heterocycles. The Bertz CT molecular complexity index is 1540. The highest BCUT2D eigenvalue weighted by atomic mass is 16.5. The van der Waals surface area contributed by atoms with Crippen molar-refractivity contribution in [3.8, 4) is 0 Å². The topological polar surface area (TPSA) is 153 Å². The van der Waals surface area contributed by atoms with Gasteiger partial charge in [-0.05, 0) is 54.4 Å². The molecular weight excluding hydrogens is 530 g/mol. The molecule has 0 spiro atoms. The summed E-state index contributed by atoms with van der Waals surface area (Å²) >= 11 is 0. The van der Waals surface area contributed by atoms with E-state index in [0.29, 0.717) is 0 Å². The fourth-order valence-electron chi connectivity index (χ4n) is 3.42. The van der Waals surface area contributed by atoms with Gasteiger partial charge >= 0.3 is 17.9 Å². The van der Waals surface area contributed by atoms with Crippen LogP contribution in [0, 0.1) is 0 Å². The molecule has 0 unspecified atom stereocenters. The molecule has 210 valence electrons.